The first kappa shape index (κ1) is 20.8. The minimum Gasteiger partial charge on any atom is -0.381 e. The molecule has 0 bridgehead atoms. The van der Waals surface area contributed by atoms with Crippen molar-refractivity contribution in [2.45, 2.75) is 38.7 Å². The molecule has 1 unspecified atom stereocenters. The molecule has 0 amide bonds. The van der Waals surface area contributed by atoms with Crippen LogP contribution in [0.5, 0.6) is 0 Å². The number of nitrogens with one attached hydrogen (secondary N) is 1. The first-order valence-electron chi connectivity index (χ1n) is 10.9. The molecule has 0 spiro atoms. The maximum Gasteiger partial charge on any atom is 0.193 e. The minimum atomic E-state index is 0.385. The highest BCUT2D eigenvalue weighted by Gasteiger charge is 2.27. The van der Waals surface area contributed by atoms with E-state index < -0.39 is 0 Å². The molecule has 3 heterocycles. The molecule has 3 saturated heterocycles. The molecular weight excluding hydrogens is 344 g/mol. The van der Waals surface area contributed by atoms with Gasteiger partial charge in [-0.25, -0.2) is 0 Å². The molecule has 0 aromatic carbocycles. The van der Waals surface area contributed by atoms with Gasteiger partial charge in [0, 0.05) is 65.6 Å². The maximum absolute atomic E-state index is 5.95. The zero-order valence-electron chi connectivity index (χ0n) is 17.0. The van der Waals surface area contributed by atoms with Crippen molar-refractivity contribution in [3.63, 3.8) is 0 Å². The Labute approximate surface area is 164 Å². The van der Waals surface area contributed by atoms with Gasteiger partial charge in [0.2, 0.25) is 0 Å². The molecule has 27 heavy (non-hydrogen) atoms. The Kier molecular flexibility index (Phi) is 9.14. The van der Waals surface area contributed by atoms with E-state index in [0.29, 0.717) is 6.10 Å². The number of hydrogen-bond donors (Lipinski definition) is 1. The lowest BCUT2D eigenvalue weighted by Crippen LogP contribution is -2.42. The molecule has 7 nitrogen and oxygen atoms in total. The highest BCUT2D eigenvalue weighted by atomic mass is 16.5. The van der Waals surface area contributed by atoms with E-state index in [4.69, 9.17) is 19.2 Å². The molecule has 3 fully saturated rings. The van der Waals surface area contributed by atoms with Crippen LogP contribution in [0.2, 0.25) is 0 Å². The van der Waals surface area contributed by atoms with Gasteiger partial charge in [-0.2, -0.15) is 0 Å². The SMILES string of the molecule is CCNC(=NCCCOC1CCOCC1)N1CCC(CN2CCOCC2)C1. The van der Waals surface area contributed by atoms with Gasteiger partial charge in [-0.05, 0) is 38.5 Å². The fourth-order valence-electron chi connectivity index (χ4n) is 4.09. The largest absolute Gasteiger partial charge is 0.381 e. The first-order chi connectivity index (χ1) is 13.3. The van der Waals surface area contributed by atoms with Crippen molar-refractivity contribution in [1.82, 2.24) is 15.1 Å². The Morgan fingerprint density at radius 3 is 2.63 bits per heavy atom. The topological polar surface area (TPSA) is 58.6 Å². The third-order valence-electron chi connectivity index (χ3n) is 5.63. The number of ether oxygens (including phenoxy) is 3. The van der Waals surface area contributed by atoms with Gasteiger partial charge in [0.25, 0.3) is 0 Å². The summed E-state index contributed by atoms with van der Waals surface area (Å²) in [5, 5.41) is 3.47. The summed E-state index contributed by atoms with van der Waals surface area (Å²) in [7, 11) is 0. The van der Waals surface area contributed by atoms with Gasteiger partial charge in [-0.1, -0.05) is 0 Å². The third kappa shape index (κ3) is 7.22. The molecule has 3 rings (SSSR count). The third-order valence-corrected chi connectivity index (χ3v) is 5.63. The molecular formula is C20H38N4O3. The quantitative estimate of drug-likeness (QED) is 0.387. The Balaban J connectivity index is 1.36. The van der Waals surface area contributed by atoms with E-state index in [-0.39, 0.29) is 0 Å². The molecule has 3 aliphatic heterocycles. The van der Waals surface area contributed by atoms with Crippen molar-refractivity contribution in [1.29, 1.82) is 0 Å². The van der Waals surface area contributed by atoms with Crippen LogP contribution in [0.15, 0.2) is 4.99 Å². The Bertz CT molecular complexity index is 437. The van der Waals surface area contributed by atoms with Gasteiger partial charge < -0.3 is 24.4 Å². The summed E-state index contributed by atoms with van der Waals surface area (Å²) >= 11 is 0. The summed E-state index contributed by atoms with van der Waals surface area (Å²) in [6.45, 7) is 13.7. The molecule has 0 saturated carbocycles. The van der Waals surface area contributed by atoms with Crippen molar-refractivity contribution in [3.05, 3.63) is 0 Å². The van der Waals surface area contributed by atoms with E-state index in [0.717, 1.165) is 103 Å². The predicted octanol–water partition coefficient (Wildman–Crippen LogP) is 1.19. The average molecular weight is 383 g/mol. The molecule has 0 aromatic heterocycles. The van der Waals surface area contributed by atoms with Crippen LogP contribution in [0.4, 0.5) is 0 Å². The lowest BCUT2D eigenvalue weighted by molar-refractivity contribution is -0.0318. The number of rotatable bonds is 8. The molecule has 0 aromatic rings. The van der Waals surface area contributed by atoms with Crippen molar-refractivity contribution in [2.75, 3.05) is 78.8 Å². The lowest BCUT2D eigenvalue weighted by atomic mass is 10.1. The van der Waals surface area contributed by atoms with Gasteiger partial charge in [0.1, 0.15) is 0 Å². The summed E-state index contributed by atoms with van der Waals surface area (Å²) in [5.74, 6) is 1.82. The molecule has 0 aliphatic carbocycles. The number of likely N-dealkylation sites (tertiary alicyclic amines) is 1. The normalized spacial score (nSPS) is 25.9. The van der Waals surface area contributed by atoms with E-state index in [1.165, 1.54) is 13.0 Å². The number of hydrogen-bond acceptors (Lipinski definition) is 5. The smallest absolute Gasteiger partial charge is 0.193 e. The number of morpholine rings is 1. The van der Waals surface area contributed by atoms with Crippen LogP contribution in [0.3, 0.4) is 0 Å². The van der Waals surface area contributed by atoms with Crippen molar-refractivity contribution in [3.8, 4) is 0 Å². The van der Waals surface area contributed by atoms with Crippen LogP contribution >= 0.6 is 0 Å². The van der Waals surface area contributed by atoms with Gasteiger partial charge >= 0.3 is 0 Å². The predicted molar refractivity (Wildman–Crippen MR) is 107 cm³/mol. The van der Waals surface area contributed by atoms with Gasteiger partial charge in [0.05, 0.1) is 19.3 Å². The van der Waals surface area contributed by atoms with Crippen LogP contribution in [0, 0.1) is 5.92 Å². The van der Waals surface area contributed by atoms with Crippen molar-refractivity contribution >= 4 is 5.96 Å². The van der Waals surface area contributed by atoms with Crippen molar-refractivity contribution < 1.29 is 14.2 Å². The number of aliphatic imine (C=N–C) groups is 1. The summed E-state index contributed by atoms with van der Waals surface area (Å²) in [6.07, 6.45) is 4.69. The van der Waals surface area contributed by atoms with Crippen LogP contribution in [-0.4, -0.2) is 101 Å². The van der Waals surface area contributed by atoms with Gasteiger partial charge in [-0.3, -0.25) is 9.89 Å². The zero-order chi connectivity index (χ0) is 18.7. The molecule has 1 N–H and O–H groups in total. The minimum absolute atomic E-state index is 0.385. The van der Waals surface area contributed by atoms with Gasteiger partial charge in [-0.15, -0.1) is 0 Å². The number of guanidine groups is 1. The zero-order valence-corrected chi connectivity index (χ0v) is 17.0. The fraction of sp³-hybridized carbons (Fsp3) is 0.950. The number of nitrogens with zero attached hydrogens (tertiary/aromatic N) is 3. The van der Waals surface area contributed by atoms with E-state index in [9.17, 15) is 0 Å². The second-order valence-corrected chi connectivity index (χ2v) is 7.79. The lowest BCUT2D eigenvalue weighted by Gasteiger charge is -2.29. The van der Waals surface area contributed by atoms with Crippen molar-refractivity contribution in [2.24, 2.45) is 10.9 Å². The van der Waals surface area contributed by atoms with E-state index in [2.05, 4.69) is 22.0 Å². The molecule has 3 aliphatic rings. The summed E-state index contributed by atoms with van der Waals surface area (Å²) in [4.78, 5) is 9.84. The summed E-state index contributed by atoms with van der Waals surface area (Å²) < 4.78 is 16.8. The van der Waals surface area contributed by atoms with Crippen LogP contribution < -0.4 is 5.32 Å². The van der Waals surface area contributed by atoms with Crippen LogP contribution in [0.25, 0.3) is 0 Å². The fourth-order valence-corrected chi connectivity index (χ4v) is 4.09. The monoisotopic (exact) mass is 382 g/mol. The standard InChI is InChI=1S/C20H38N4O3/c1-2-21-20(22-7-3-11-27-19-5-12-25-13-6-19)24-8-4-18(17-24)16-23-9-14-26-15-10-23/h18-19H,2-17H2,1H3,(H,21,22). The molecule has 7 heteroatoms. The Morgan fingerprint density at radius 1 is 1.07 bits per heavy atom. The summed E-state index contributed by atoms with van der Waals surface area (Å²) in [5.41, 5.74) is 0. The molecule has 156 valence electrons. The van der Waals surface area contributed by atoms with E-state index >= 15 is 0 Å². The van der Waals surface area contributed by atoms with E-state index in [1.807, 2.05) is 0 Å². The highest BCUT2D eigenvalue weighted by molar-refractivity contribution is 5.80. The van der Waals surface area contributed by atoms with E-state index in [1.54, 1.807) is 0 Å². The average Bonchev–Trinajstić information content (AvgIpc) is 3.17. The van der Waals surface area contributed by atoms with Gasteiger partial charge in [0.15, 0.2) is 5.96 Å². The maximum atomic E-state index is 5.95. The summed E-state index contributed by atoms with van der Waals surface area (Å²) in [6, 6.07) is 0. The second-order valence-electron chi connectivity index (χ2n) is 7.79. The molecule has 0 radical (unpaired) electrons. The van der Waals surface area contributed by atoms with Crippen LogP contribution in [-0.2, 0) is 14.2 Å². The van der Waals surface area contributed by atoms with Crippen LogP contribution in [0.1, 0.15) is 32.6 Å². The Morgan fingerprint density at radius 2 is 1.85 bits per heavy atom. The molecule has 1 atom stereocenters. The first-order valence-corrected chi connectivity index (χ1v) is 10.9. The second kappa shape index (κ2) is 11.8. The Hall–Kier alpha value is -0.890. The highest BCUT2D eigenvalue weighted by Crippen LogP contribution is 2.18.